The number of nitrogen functional groups attached to an aromatic ring is 1. The first-order valence-corrected chi connectivity index (χ1v) is 6.62. The Kier molecular flexibility index (Phi) is 3.89. The molecule has 1 aliphatic heterocycles. The van der Waals surface area contributed by atoms with Crippen molar-refractivity contribution in [2.45, 2.75) is 25.9 Å². The molecule has 0 aromatic carbocycles. The van der Waals surface area contributed by atoms with Gasteiger partial charge in [0.25, 0.3) is 0 Å². The first-order chi connectivity index (χ1) is 8.09. The van der Waals surface area contributed by atoms with Crippen LogP contribution in [0.2, 0.25) is 0 Å². The van der Waals surface area contributed by atoms with Gasteiger partial charge in [0, 0.05) is 20.2 Å². The van der Waals surface area contributed by atoms with Crippen LogP contribution in [0.5, 0.6) is 0 Å². The number of anilines is 2. The molecule has 0 amide bonds. The van der Waals surface area contributed by atoms with Crippen molar-refractivity contribution in [3.05, 3.63) is 16.2 Å². The molecule has 0 aliphatic carbocycles. The van der Waals surface area contributed by atoms with Crippen LogP contribution in [0.25, 0.3) is 0 Å². The van der Waals surface area contributed by atoms with E-state index in [9.17, 15) is 0 Å². The van der Waals surface area contributed by atoms with Gasteiger partial charge in [0.2, 0.25) is 0 Å². The minimum Gasteiger partial charge on any atom is -0.397 e. The molecule has 1 saturated heterocycles. The maximum absolute atomic E-state index is 5.82. The summed E-state index contributed by atoms with van der Waals surface area (Å²) >= 11 is 3.56. The van der Waals surface area contributed by atoms with Crippen LogP contribution in [0.3, 0.4) is 0 Å². The van der Waals surface area contributed by atoms with Crippen molar-refractivity contribution < 1.29 is 4.74 Å². The average molecular weight is 300 g/mol. The van der Waals surface area contributed by atoms with Gasteiger partial charge < -0.3 is 15.4 Å². The Morgan fingerprint density at radius 1 is 1.65 bits per heavy atom. The highest BCUT2D eigenvalue weighted by atomic mass is 79.9. The Balaban J connectivity index is 2.13. The van der Waals surface area contributed by atoms with Crippen LogP contribution in [-0.4, -0.2) is 31.3 Å². The molecule has 2 rings (SSSR count). The van der Waals surface area contributed by atoms with Gasteiger partial charge in [-0.1, -0.05) is 0 Å². The maximum Gasteiger partial charge on any atom is 0.143 e. The molecule has 1 aromatic heterocycles. The highest BCUT2D eigenvalue weighted by molar-refractivity contribution is 9.10. The number of hydrogen-bond acceptors (Lipinski definition) is 4. The molecule has 1 aliphatic rings. The van der Waals surface area contributed by atoms with Gasteiger partial charge in [-0.15, -0.1) is 0 Å². The number of nitrogens with two attached hydrogens (primary N) is 1. The van der Waals surface area contributed by atoms with Crippen molar-refractivity contribution in [1.82, 2.24) is 4.98 Å². The van der Waals surface area contributed by atoms with Crippen molar-refractivity contribution in [2.75, 3.05) is 30.8 Å². The van der Waals surface area contributed by atoms with Crippen molar-refractivity contribution in [3.63, 3.8) is 0 Å². The van der Waals surface area contributed by atoms with Crippen LogP contribution in [-0.2, 0) is 4.74 Å². The summed E-state index contributed by atoms with van der Waals surface area (Å²) in [5.74, 6) is 0.923. The molecule has 94 valence electrons. The van der Waals surface area contributed by atoms with Crippen molar-refractivity contribution in [1.29, 1.82) is 0 Å². The number of aromatic nitrogens is 1. The third-order valence-electron chi connectivity index (χ3n) is 3.15. The number of hydrogen-bond donors (Lipinski definition) is 1. The highest BCUT2D eigenvalue weighted by Gasteiger charge is 2.19. The Hall–Kier alpha value is -0.810. The number of nitrogens with zero attached hydrogens (tertiary/aromatic N) is 2. The Morgan fingerprint density at radius 2 is 2.41 bits per heavy atom. The zero-order valence-corrected chi connectivity index (χ0v) is 11.8. The summed E-state index contributed by atoms with van der Waals surface area (Å²) in [5, 5.41) is 0. The van der Waals surface area contributed by atoms with E-state index in [0.717, 1.165) is 41.8 Å². The van der Waals surface area contributed by atoms with E-state index in [2.05, 4.69) is 25.8 Å². The van der Waals surface area contributed by atoms with E-state index >= 15 is 0 Å². The van der Waals surface area contributed by atoms with E-state index in [4.69, 9.17) is 10.5 Å². The normalized spacial score (nSPS) is 19.6. The quantitative estimate of drug-likeness (QED) is 0.931. The fourth-order valence-corrected chi connectivity index (χ4v) is 2.66. The molecule has 5 heteroatoms. The lowest BCUT2D eigenvalue weighted by Gasteiger charge is -2.23. The van der Waals surface area contributed by atoms with E-state index in [1.165, 1.54) is 0 Å². The van der Waals surface area contributed by atoms with Gasteiger partial charge in [-0.05, 0) is 41.3 Å². The first kappa shape index (κ1) is 12.6. The smallest absolute Gasteiger partial charge is 0.143 e. The van der Waals surface area contributed by atoms with Crippen LogP contribution in [0.4, 0.5) is 11.5 Å². The van der Waals surface area contributed by atoms with Gasteiger partial charge in [0.15, 0.2) is 0 Å². The monoisotopic (exact) mass is 299 g/mol. The third kappa shape index (κ3) is 2.72. The van der Waals surface area contributed by atoms with Gasteiger partial charge in [0.1, 0.15) is 5.82 Å². The van der Waals surface area contributed by atoms with Crippen LogP contribution in [0, 0.1) is 6.92 Å². The molecule has 0 radical (unpaired) electrons. The van der Waals surface area contributed by atoms with Gasteiger partial charge in [-0.3, -0.25) is 0 Å². The maximum atomic E-state index is 5.82. The number of halogens is 1. The summed E-state index contributed by atoms with van der Waals surface area (Å²) in [6, 6.07) is 0. The van der Waals surface area contributed by atoms with Gasteiger partial charge >= 0.3 is 0 Å². The Bertz CT molecular complexity index is 405. The summed E-state index contributed by atoms with van der Waals surface area (Å²) in [6.45, 7) is 3.74. The predicted octanol–water partition coefficient (Wildman–Crippen LogP) is 2.35. The fraction of sp³-hybridized carbons (Fsp3) is 0.583. The molecule has 1 aromatic rings. The van der Waals surface area contributed by atoms with Gasteiger partial charge in [-0.2, -0.15) is 0 Å². The molecule has 1 fully saturated rings. The standard InChI is InChI=1S/C12H18BrN3O/c1-8-10(14)6-15-12(11(8)13)16(2)7-9-4-3-5-17-9/h6,9H,3-5,7,14H2,1-2H3. The number of pyridine rings is 1. The highest BCUT2D eigenvalue weighted by Crippen LogP contribution is 2.30. The lowest BCUT2D eigenvalue weighted by atomic mass is 10.2. The minimum absolute atomic E-state index is 0.326. The average Bonchev–Trinajstić information content (AvgIpc) is 2.78. The minimum atomic E-state index is 0.326. The number of ether oxygens (including phenoxy) is 1. The number of likely N-dealkylation sites (N-methyl/N-ethyl adjacent to an activating group) is 1. The predicted molar refractivity (Wildman–Crippen MR) is 73.3 cm³/mol. The molecule has 2 heterocycles. The molecule has 4 nitrogen and oxygen atoms in total. The largest absolute Gasteiger partial charge is 0.397 e. The van der Waals surface area contributed by atoms with E-state index in [0.29, 0.717) is 11.8 Å². The molecule has 0 spiro atoms. The van der Waals surface area contributed by atoms with E-state index < -0.39 is 0 Å². The lowest BCUT2D eigenvalue weighted by Crippen LogP contribution is -2.29. The third-order valence-corrected chi connectivity index (χ3v) is 4.10. The molecule has 2 N–H and O–H groups in total. The van der Waals surface area contributed by atoms with E-state index in [1.54, 1.807) is 6.20 Å². The summed E-state index contributed by atoms with van der Waals surface area (Å²) in [5.41, 5.74) is 7.57. The molecule has 0 saturated carbocycles. The van der Waals surface area contributed by atoms with Crippen LogP contribution >= 0.6 is 15.9 Å². The SMILES string of the molecule is Cc1c(N)cnc(N(C)CC2CCCO2)c1Br. The summed E-state index contributed by atoms with van der Waals surface area (Å²) < 4.78 is 6.60. The van der Waals surface area contributed by atoms with Gasteiger partial charge in [-0.25, -0.2) is 4.98 Å². The second-order valence-corrected chi connectivity index (χ2v) is 5.28. The molecule has 0 bridgehead atoms. The fourth-order valence-electron chi connectivity index (χ4n) is 2.02. The lowest BCUT2D eigenvalue weighted by molar-refractivity contribution is 0.116. The second-order valence-electron chi connectivity index (χ2n) is 4.49. The molecular weight excluding hydrogens is 282 g/mol. The van der Waals surface area contributed by atoms with Crippen molar-refractivity contribution >= 4 is 27.4 Å². The summed E-state index contributed by atoms with van der Waals surface area (Å²) in [6.07, 6.45) is 4.33. The zero-order valence-electron chi connectivity index (χ0n) is 10.2. The molecule has 1 unspecified atom stereocenters. The van der Waals surface area contributed by atoms with Crippen LogP contribution in [0.1, 0.15) is 18.4 Å². The summed E-state index contributed by atoms with van der Waals surface area (Å²) in [4.78, 5) is 6.50. The Labute approximate surface area is 110 Å². The number of rotatable bonds is 3. The van der Waals surface area contributed by atoms with Crippen molar-refractivity contribution in [3.8, 4) is 0 Å². The van der Waals surface area contributed by atoms with Crippen molar-refractivity contribution in [2.24, 2.45) is 0 Å². The van der Waals surface area contributed by atoms with Crippen LogP contribution < -0.4 is 10.6 Å². The van der Waals surface area contributed by atoms with E-state index in [-0.39, 0.29) is 0 Å². The topological polar surface area (TPSA) is 51.4 Å². The zero-order chi connectivity index (χ0) is 12.4. The molecule has 1 atom stereocenters. The molecule has 17 heavy (non-hydrogen) atoms. The second kappa shape index (κ2) is 5.23. The molecular formula is C12H18BrN3O. The Morgan fingerprint density at radius 3 is 3.06 bits per heavy atom. The summed E-state index contributed by atoms with van der Waals surface area (Å²) in [7, 11) is 2.03. The van der Waals surface area contributed by atoms with Gasteiger partial charge in [0.05, 0.1) is 22.5 Å². The first-order valence-electron chi connectivity index (χ1n) is 5.83. The van der Waals surface area contributed by atoms with Crippen LogP contribution in [0.15, 0.2) is 10.7 Å². The van der Waals surface area contributed by atoms with E-state index in [1.807, 2.05) is 14.0 Å².